The first-order valence-corrected chi connectivity index (χ1v) is 8.87. The van der Waals surface area contributed by atoms with Gasteiger partial charge in [-0.3, -0.25) is 4.90 Å². The third kappa shape index (κ3) is 4.69. The van der Waals surface area contributed by atoms with E-state index in [1.54, 1.807) is 0 Å². The van der Waals surface area contributed by atoms with E-state index in [1.165, 1.54) is 12.0 Å². The quantitative estimate of drug-likeness (QED) is 0.823. The molecular formula is C17H26BrClN2. The van der Waals surface area contributed by atoms with E-state index in [2.05, 4.69) is 66.0 Å². The van der Waals surface area contributed by atoms with Gasteiger partial charge >= 0.3 is 0 Å². The molecule has 2 nitrogen and oxygen atoms in total. The Balaban J connectivity index is 2.10. The highest BCUT2D eigenvalue weighted by molar-refractivity contribution is 9.10. The molecule has 1 atom stereocenters. The van der Waals surface area contributed by atoms with Crippen LogP contribution in [-0.2, 0) is 6.54 Å². The van der Waals surface area contributed by atoms with Crippen molar-refractivity contribution in [1.82, 2.24) is 10.2 Å². The molecule has 0 amide bonds. The number of piperazine rings is 1. The van der Waals surface area contributed by atoms with Crippen molar-refractivity contribution in [2.24, 2.45) is 5.92 Å². The molecule has 4 heteroatoms. The fourth-order valence-corrected chi connectivity index (χ4v) is 3.68. The van der Waals surface area contributed by atoms with E-state index in [0.29, 0.717) is 6.04 Å². The van der Waals surface area contributed by atoms with Crippen molar-refractivity contribution in [1.29, 1.82) is 0 Å². The summed E-state index contributed by atoms with van der Waals surface area (Å²) in [4.78, 5) is 2.56. The number of halogens is 2. The molecule has 118 valence electrons. The molecule has 1 heterocycles. The third-order valence-corrected chi connectivity index (χ3v) is 5.10. The SMILES string of the molecule is CC(C)CC1CN(Cc2ccc(Br)cc2Cl)C(C)(C)CN1. The predicted molar refractivity (Wildman–Crippen MR) is 94.9 cm³/mol. The minimum atomic E-state index is 0.157. The van der Waals surface area contributed by atoms with Gasteiger partial charge in [-0.1, -0.05) is 47.4 Å². The maximum atomic E-state index is 6.39. The van der Waals surface area contributed by atoms with Crippen LogP contribution in [0.15, 0.2) is 22.7 Å². The van der Waals surface area contributed by atoms with Crippen LogP contribution in [0.2, 0.25) is 5.02 Å². The van der Waals surface area contributed by atoms with Crippen LogP contribution >= 0.6 is 27.5 Å². The van der Waals surface area contributed by atoms with Crippen LogP contribution in [-0.4, -0.2) is 29.6 Å². The number of nitrogens with zero attached hydrogens (tertiary/aromatic N) is 1. The molecule has 1 aliphatic rings. The predicted octanol–water partition coefficient (Wildman–Crippen LogP) is 4.70. The normalized spacial score (nSPS) is 22.7. The summed E-state index contributed by atoms with van der Waals surface area (Å²) in [6.45, 7) is 12.2. The molecule has 1 saturated heterocycles. The summed E-state index contributed by atoms with van der Waals surface area (Å²) in [5.74, 6) is 0.724. The number of nitrogens with one attached hydrogen (secondary N) is 1. The second kappa shape index (κ2) is 6.99. The highest BCUT2D eigenvalue weighted by atomic mass is 79.9. The lowest BCUT2D eigenvalue weighted by Crippen LogP contribution is -2.61. The molecule has 0 spiro atoms. The molecule has 0 radical (unpaired) electrons. The van der Waals surface area contributed by atoms with Gasteiger partial charge in [-0.25, -0.2) is 0 Å². The average molecular weight is 374 g/mol. The van der Waals surface area contributed by atoms with Gasteiger partial charge in [-0.05, 0) is 43.9 Å². The fourth-order valence-electron chi connectivity index (χ4n) is 2.94. The number of hydrogen-bond donors (Lipinski definition) is 1. The molecule has 0 aliphatic carbocycles. The zero-order chi connectivity index (χ0) is 15.6. The molecule has 1 fully saturated rings. The van der Waals surface area contributed by atoms with Gasteiger partial charge in [0, 0.05) is 40.7 Å². The van der Waals surface area contributed by atoms with Crippen LogP contribution in [0.4, 0.5) is 0 Å². The van der Waals surface area contributed by atoms with Crippen LogP contribution in [0.1, 0.15) is 39.7 Å². The topological polar surface area (TPSA) is 15.3 Å². The number of hydrogen-bond acceptors (Lipinski definition) is 2. The average Bonchev–Trinajstić information content (AvgIpc) is 2.36. The lowest BCUT2D eigenvalue weighted by molar-refractivity contribution is 0.0536. The van der Waals surface area contributed by atoms with Gasteiger partial charge in [-0.15, -0.1) is 0 Å². The highest BCUT2D eigenvalue weighted by Crippen LogP contribution is 2.27. The van der Waals surface area contributed by atoms with Gasteiger partial charge in [0.25, 0.3) is 0 Å². The molecule has 1 aromatic rings. The Hall–Kier alpha value is -0.0900. The standard InChI is InChI=1S/C17H26BrClN2/c1-12(2)7-15-10-21(17(3,4)11-20-15)9-13-5-6-14(18)8-16(13)19/h5-6,8,12,15,20H,7,9-11H2,1-4H3. The van der Waals surface area contributed by atoms with Crippen LogP contribution in [0.25, 0.3) is 0 Å². The first kappa shape index (κ1) is 17.3. The highest BCUT2D eigenvalue weighted by Gasteiger charge is 2.34. The van der Waals surface area contributed by atoms with E-state index in [9.17, 15) is 0 Å². The van der Waals surface area contributed by atoms with Gasteiger partial charge in [0.2, 0.25) is 0 Å². The van der Waals surface area contributed by atoms with Crippen LogP contribution in [0.5, 0.6) is 0 Å². The lowest BCUT2D eigenvalue weighted by Gasteiger charge is -2.46. The number of rotatable bonds is 4. The zero-order valence-electron chi connectivity index (χ0n) is 13.4. The van der Waals surface area contributed by atoms with E-state index in [-0.39, 0.29) is 5.54 Å². The molecule has 0 aromatic heterocycles. The lowest BCUT2D eigenvalue weighted by atomic mass is 9.93. The summed E-state index contributed by atoms with van der Waals surface area (Å²) >= 11 is 9.86. The first-order valence-electron chi connectivity index (χ1n) is 7.70. The first-order chi connectivity index (χ1) is 9.78. The molecular weight excluding hydrogens is 348 g/mol. The summed E-state index contributed by atoms with van der Waals surface area (Å²) in [7, 11) is 0. The Morgan fingerprint density at radius 3 is 2.76 bits per heavy atom. The van der Waals surface area contributed by atoms with Crippen molar-refractivity contribution in [2.75, 3.05) is 13.1 Å². The van der Waals surface area contributed by atoms with Gasteiger partial charge in [-0.2, -0.15) is 0 Å². The monoisotopic (exact) mass is 372 g/mol. The summed E-state index contributed by atoms with van der Waals surface area (Å²) in [5.41, 5.74) is 1.36. The van der Waals surface area contributed by atoms with Crippen molar-refractivity contribution in [2.45, 2.75) is 52.2 Å². The Morgan fingerprint density at radius 1 is 1.43 bits per heavy atom. The second-order valence-electron chi connectivity index (χ2n) is 7.14. The molecule has 1 unspecified atom stereocenters. The summed E-state index contributed by atoms with van der Waals surface area (Å²) in [6.07, 6.45) is 1.22. The van der Waals surface area contributed by atoms with E-state index in [1.807, 2.05) is 6.07 Å². The molecule has 1 aromatic carbocycles. The minimum absolute atomic E-state index is 0.157. The van der Waals surface area contributed by atoms with Crippen LogP contribution < -0.4 is 5.32 Å². The number of benzene rings is 1. The Morgan fingerprint density at radius 2 is 2.14 bits per heavy atom. The Bertz CT molecular complexity index is 488. The Kier molecular flexibility index (Phi) is 5.75. The van der Waals surface area contributed by atoms with E-state index in [4.69, 9.17) is 11.6 Å². The van der Waals surface area contributed by atoms with E-state index < -0.39 is 0 Å². The minimum Gasteiger partial charge on any atom is -0.311 e. The Labute approximate surface area is 142 Å². The third-order valence-electron chi connectivity index (χ3n) is 4.25. The zero-order valence-corrected chi connectivity index (χ0v) is 15.8. The molecule has 1 N–H and O–H groups in total. The maximum absolute atomic E-state index is 6.39. The van der Waals surface area contributed by atoms with Crippen molar-refractivity contribution < 1.29 is 0 Å². The van der Waals surface area contributed by atoms with Crippen LogP contribution in [0, 0.1) is 5.92 Å². The summed E-state index contributed by atoms with van der Waals surface area (Å²) < 4.78 is 1.04. The van der Waals surface area contributed by atoms with Crippen molar-refractivity contribution >= 4 is 27.5 Å². The van der Waals surface area contributed by atoms with Gasteiger partial charge in [0.15, 0.2) is 0 Å². The second-order valence-corrected chi connectivity index (χ2v) is 8.46. The van der Waals surface area contributed by atoms with Crippen molar-refractivity contribution in [3.63, 3.8) is 0 Å². The largest absolute Gasteiger partial charge is 0.311 e. The van der Waals surface area contributed by atoms with Crippen molar-refractivity contribution in [3.8, 4) is 0 Å². The fraction of sp³-hybridized carbons (Fsp3) is 0.647. The van der Waals surface area contributed by atoms with Crippen molar-refractivity contribution in [3.05, 3.63) is 33.3 Å². The molecule has 21 heavy (non-hydrogen) atoms. The van der Waals surface area contributed by atoms with Gasteiger partial charge in [0.1, 0.15) is 0 Å². The van der Waals surface area contributed by atoms with E-state index in [0.717, 1.165) is 35.0 Å². The smallest absolute Gasteiger partial charge is 0.0462 e. The van der Waals surface area contributed by atoms with Gasteiger partial charge < -0.3 is 5.32 Å². The molecule has 0 bridgehead atoms. The van der Waals surface area contributed by atoms with E-state index >= 15 is 0 Å². The molecule has 1 aliphatic heterocycles. The molecule has 0 saturated carbocycles. The summed E-state index contributed by atoms with van der Waals surface area (Å²) in [5, 5.41) is 4.54. The van der Waals surface area contributed by atoms with Crippen LogP contribution in [0.3, 0.4) is 0 Å². The van der Waals surface area contributed by atoms with Gasteiger partial charge in [0.05, 0.1) is 0 Å². The summed E-state index contributed by atoms with van der Waals surface area (Å²) in [6, 6.07) is 6.76. The molecule has 2 rings (SSSR count). The maximum Gasteiger partial charge on any atom is 0.0462 e.